The fourth-order valence-corrected chi connectivity index (χ4v) is 3.25. The number of hydrogen-bond donors (Lipinski definition) is 3. The van der Waals surface area contributed by atoms with Crippen LogP contribution in [0.3, 0.4) is 0 Å². The van der Waals surface area contributed by atoms with Gasteiger partial charge in [-0.15, -0.1) is 24.0 Å². The van der Waals surface area contributed by atoms with Crippen LogP contribution in [0.4, 0.5) is 0 Å². The van der Waals surface area contributed by atoms with Crippen LogP contribution >= 0.6 is 24.0 Å². The largest absolute Gasteiger partial charge is 0.355 e. The normalized spacial score (nSPS) is 14.3. The molecule has 8 heteroatoms. The number of guanidine groups is 1. The molecule has 1 atom stereocenters. The molecule has 140 valence electrons. The van der Waals surface area contributed by atoms with Gasteiger partial charge in [-0.05, 0) is 33.1 Å². The third-order valence-electron chi connectivity index (χ3n) is 3.18. The van der Waals surface area contributed by atoms with Crippen molar-refractivity contribution >= 4 is 40.0 Å². The van der Waals surface area contributed by atoms with Crippen molar-refractivity contribution in [2.24, 2.45) is 10.9 Å². The standard InChI is InChI=1S/C15H34N4O2S.HI/c1-12(2)9-8-10-13(3)18-14(16-6)17-11-15(4,5)19-22(7,20)21;/h12-13,19H,8-11H2,1-7H3,(H2,16,17,18);1H. The molecule has 0 saturated heterocycles. The Balaban J connectivity index is 0. The van der Waals surface area contributed by atoms with Gasteiger partial charge in [0.2, 0.25) is 10.0 Å². The predicted molar refractivity (Wildman–Crippen MR) is 110 cm³/mol. The van der Waals surface area contributed by atoms with E-state index >= 15 is 0 Å². The molecule has 0 heterocycles. The molecule has 0 radical (unpaired) electrons. The second-order valence-electron chi connectivity index (χ2n) is 7.05. The maximum absolute atomic E-state index is 11.3. The number of nitrogens with zero attached hydrogens (tertiary/aromatic N) is 1. The first kappa shape index (κ1) is 25.2. The van der Waals surface area contributed by atoms with Crippen molar-refractivity contribution in [3.05, 3.63) is 0 Å². The summed E-state index contributed by atoms with van der Waals surface area (Å²) in [5, 5.41) is 6.51. The molecule has 0 saturated carbocycles. The molecule has 0 aromatic carbocycles. The highest BCUT2D eigenvalue weighted by atomic mass is 127. The Morgan fingerprint density at radius 1 is 1.17 bits per heavy atom. The summed E-state index contributed by atoms with van der Waals surface area (Å²) in [6.07, 6.45) is 4.66. The van der Waals surface area contributed by atoms with Gasteiger partial charge in [0.15, 0.2) is 5.96 Å². The lowest BCUT2D eigenvalue weighted by molar-refractivity contribution is 0.442. The van der Waals surface area contributed by atoms with Crippen molar-refractivity contribution in [3.63, 3.8) is 0 Å². The monoisotopic (exact) mass is 462 g/mol. The topological polar surface area (TPSA) is 82.6 Å². The second kappa shape index (κ2) is 11.5. The molecule has 0 aliphatic carbocycles. The minimum Gasteiger partial charge on any atom is -0.355 e. The Kier molecular flexibility index (Phi) is 12.5. The molecule has 0 rings (SSSR count). The van der Waals surface area contributed by atoms with Gasteiger partial charge in [-0.2, -0.15) is 0 Å². The molecular weight excluding hydrogens is 427 g/mol. The summed E-state index contributed by atoms with van der Waals surface area (Å²) in [6.45, 7) is 10.7. The fraction of sp³-hybridized carbons (Fsp3) is 0.933. The van der Waals surface area contributed by atoms with Crippen LogP contribution in [0.5, 0.6) is 0 Å². The van der Waals surface area contributed by atoms with Crippen LogP contribution in [0.1, 0.15) is 53.9 Å². The molecule has 1 unspecified atom stereocenters. The van der Waals surface area contributed by atoms with E-state index in [1.165, 1.54) is 19.1 Å². The molecule has 6 nitrogen and oxygen atoms in total. The molecule has 0 fully saturated rings. The van der Waals surface area contributed by atoms with E-state index in [9.17, 15) is 8.42 Å². The highest BCUT2D eigenvalue weighted by Crippen LogP contribution is 2.08. The van der Waals surface area contributed by atoms with E-state index in [4.69, 9.17) is 0 Å². The van der Waals surface area contributed by atoms with Crippen LogP contribution in [-0.2, 0) is 10.0 Å². The molecule has 3 N–H and O–H groups in total. The van der Waals surface area contributed by atoms with Gasteiger partial charge < -0.3 is 10.6 Å². The summed E-state index contributed by atoms with van der Waals surface area (Å²) >= 11 is 0. The average molecular weight is 462 g/mol. The van der Waals surface area contributed by atoms with E-state index in [1.54, 1.807) is 7.05 Å². The third-order valence-corrected chi connectivity index (χ3v) is 4.11. The van der Waals surface area contributed by atoms with Gasteiger partial charge in [0.25, 0.3) is 0 Å². The zero-order chi connectivity index (χ0) is 17.4. The van der Waals surface area contributed by atoms with Crippen LogP contribution in [0.15, 0.2) is 4.99 Å². The molecule has 0 aromatic heterocycles. The Hall–Kier alpha value is -0.0900. The summed E-state index contributed by atoms with van der Waals surface area (Å²) in [7, 11) is -1.51. The maximum Gasteiger partial charge on any atom is 0.209 e. The molecule has 0 bridgehead atoms. The first-order valence-corrected chi connectivity index (χ1v) is 9.80. The van der Waals surface area contributed by atoms with Crippen LogP contribution in [0.25, 0.3) is 0 Å². The minimum absolute atomic E-state index is 0. The van der Waals surface area contributed by atoms with Crippen LogP contribution in [-0.4, -0.2) is 45.8 Å². The summed E-state index contributed by atoms with van der Waals surface area (Å²) in [6, 6.07) is 0.330. The van der Waals surface area contributed by atoms with Crippen LogP contribution in [0.2, 0.25) is 0 Å². The number of nitrogens with one attached hydrogen (secondary N) is 3. The average Bonchev–Trinajstić information content (AvgIpc) is 2.31. The van der Waals surface area contributed by atoms with E-state index in [-0.39, 0.29) is 24.0 Å². The van der Waals surface area contributed by atoms with E-state index in [1.807, 2.05) is 13.8 Å². The van der Waals surface area contributed by atoms with Crippen molar-refractivity contribution in [3.8, 4) is 0 Å². The molecule has 23 heavy (non-hydrogen) atoms. The molecular formula is C15H35IN4O2S. The molecule has 0 amide bonds. The first-order chi connectivity index (χ1) is 9.95. The highest BCUT2D eigenvalue weighted by molar-refractivity contribution is 14.0. The highest BCUT2D eigenvalue weighted by Gasteiger charge is 2.22. The van der Waals surface area contributed by atoms with Crippen molar-refractivity contribution in [1.82, 2.24) is 15.4 Å². The molecule has 0 aliphatic heterocycles. The smallest absolute Gasteiger partial charge is 0.209 e. The van der Waals surface area contributed by atoms with Gasteiger partial charge in [-0.1, -0.05) is 26.7 Å². The van der Waals surface area contributed by atoms with Crippen molar-refractivity contribution < 1.29 is 8.42 Å². The van der Waals surface area contributed by atoms with Crippen molar-refractivity contribution in [2.45, 2.75) is 65.5 Å². The van der Waals surface area contributed by atoms with Gasteiger partial charge in [0.1, 0.15) is 0 Å². The van der Waals surface area contributed by atoms with E-state index < -0.39 is 15.6 Å². The predicted octanol–water partition coefficient (Wildman–Crippen LogP) is 2.31. The van der Waals surface area contributed by atoms with E-state index in [0.29, 0.717) is 18.5 Å². The molecule has 0 spiro atoms. The van der Waals surface area contributed by atoms with Crippen molar-refractivity contribution in [2.75, 3.05) is 19.8 Å². The zero-order valence-electron chi connectivity index (χ0n) is 15.6. The van der Waals surface area contributed by atoms with Gasteiger partial charge in [-0.3, -0.25) is 4.99 Å². The Morgan fingerprint density at radius 3 is 2.17 bits per heavy atom. The number of sulfonamides is 1. The summed E-state index contributed by atoms with van der Waals surface area (Å²) in [5.41, 5.74) is -0.577. The number of rotatable bonds is 9. The fourth-order valence-electron chi connectivity index (χ4n) is 2.18. The maximum atomic E-state index is 11.3. The van der Waals surface area contributed by atoms with E-state index in [2.05, 4.69) is 41.1 Å². The lowest BCUT2D eigenvalue weighted by Gasteiger charge is -2.27. The SMILES string of the molecule is CN=C(NCC(C)(C)NS(C)(=O)=O)NC(C)CCCC(C)C.I. The minimum atomic E-state index is -3.23. The number of hydrogen-bond acceptors (Lipinski definition) is 3. The Labute approximate surface area is 159 Å². The van der Waals surface area contributed by atoms with Crippen LogP contribution < -0.4 is 15.4 Å². The first-order valence-electron chi connectivity index (χ1n) is 7.91. The summed E-state index contributed by atoms with van der Waals surface area (Å²) in [5.74, 6) is 1.42. The zero-order valence-corrected chi connectivity index (χ0v) is 18.7. The summed E-state index contributed by atoms with van der Waals surface area (Å²) < 4.78 is 25.3. The third kappa shape index (κ3) is 15.2. The van der Waals surface area contributed by atoms with Gasteiger partial charge in [0.05, 0.1) is 6.26 Å². The van der Waals surface area contributed by atoms with Gasteiger partial charge >= 0.3 is 0 Å². The van der Waals surface area contributed by atoms with Crippen LogP contribution in [0, 0.1) is 5.92 Å². The summed E-state index contributed by atoms with van der Waals surface area (Å²) in [4.78, 5) is 4.19. The lowest BCUT2D eigenvalue weighted by Crippen LogP contribution is -2.53. The molecule has 0 aromatic rings. The lowest BCUT2D eigenvalue weighted by atomic mass is 10.0. The Morgan fingerprint density at radius 2 is 1.74 bits per heavy atom. The van der Waals surface area contributed by atoms with E-state index in [0.717, 1.165) is 12.3 Å². The van der Waals surface area contributed by atoms with Gasteiger partial charge in [0, 0.05) is 25.2 Å². The number of aliphatic imine (C=N–C) groups is 1. The number of halogens is 1. The second-order valence-corrected chi connectivity index (χ2v) is 8.80. The molecule has 0 aliphatic rings. The Bertz CT molecular complexity index is 450. The quantitative estimate of drug-likeness (QED) is 0.279. The van der Waals surface area contributed by atoms with Gasteiger partial charge in [-0.25, -0.2) is 13.1 Å². The van der Waals surface area contributed by atoms with Crippen molar-refractivity contribution in [1.29, 1.82) is 0 Å².